The Balaban J connectivity index is 1.92. The second kappa shape index (κ2) is 9.03. The molecule has 1 N–H and O–H groups in total. The van der Waals surface area contributed by atoms with Gasteiger partial charge >= 0.3 is 0 Å². The van der Waals surface area contributed by atoms with Gasteiger partial charge in [-0.25, -0.2) is 4.98 Å². The number of anilines is 1. The molecule has 0 radical (unpaired) electrons. The van der Waals surface area contributed by atoms with Crippen LogP contribution in [0.5, 0.6) is 0 Å². The number of aryl methyl sites for hydroxylation is 1. The van der Waals surface area contributed by atoms with Crippen LogP contribution >= 0.6 is 35.0 Å². The Morgan fingerprint density at radius 2 is 1.97 bits per heavy atom. The summed E-state index contributed by atoms with van der Waals surface area (Å²) >= 11 is 13.3. The molecule has 0 saturated carbocycles. The van der Waals surface area contributed by atoms with Gasteiger partial charge in [-0.1, -0.05) is 47.1 Å². The number of halogens is 2. The van der Waals surface area contributed by atoms with E-state index in [1.54, 1.807) is 43.3 Å². The van der Waals surface area contributed by atoms with Gasteiger partial charge in [-0.3, -0.25) is 14.2 Å². The molecule has 150 valence electrons. The molecule has 2 aromatic carbocycles. The van der Waals surface area contributed by atoms with Gasteiger partial charge in [0, 0.05) is 22.3 Å². The van der Waals surface area contributed by atoms with Crippen molar-refractivity contribution in [1.29, 1.82) is 0 Å². The number of nitrogens with one attached hydrogen (secondary N) is 1. The third-order valence-corrected chi connectivity index (χ3v) is 5.86. The molecule has 3 rings (SSSR count). The van der Waals surface area contributed by atoms with Crippen LogP contribution in [0.4, 0.5) is 5.69 Å². The van der Waals surface area contributed by atoms with Crippen LogP contribution in [0.2, 0.25) is 10.0 Å². The number of nitrogens with zero attached hydrogens (tertiary/aromatic N) is 2. The van der Waals surface area contributed by atoms with Crippen molar-refractivity contribution in [2.75, 3.05) is 5.32 Å². The number of amides is 1. The van der Waals surface area contributed by atoms with Crippen LogP contribution in [-0.2, 0) is 11.3 Å². The number of fused-ring (bicyclic) bond motifs is 1. The molecule has 0 spiro atoms. The van der Waals surface area contributed by atoms with Gasteiger partial charge in [-0.15, -0.1) is 6.58 Å². The lowest BCUT2D eigenvalue weighted by molar-refractivity contribution is -0.115. The molecule has 1 atom stereocenters. The monoisotopic (exact) mass is 447 g/mol. The third-order valence-electron chi connectivity index (χ3n) is 4.30. The molecule has 0 aliphatic rings. The molecule has 0 saturated heterocycles. The van der Waals surface area contributed by atoms with Crippen molar-refractivity contribution in [3.8, 4) is 0 Å². The molecule has 1 amide bonds. The fourth-order valence-electron chi connectivity index (χ4n) is 2.73. The summed E-state index contributed by atoms with van der Waals surface area (Å²) in [4.78, 5) is 30.2. The molecular formula is C21H19Cl2N3O2S. The van der Waals surface area contributed by atoms with Gasteiger partial charge < -0.3 is 5.32 Å². The summed E-state index contributed by atoms with van der Waals surface area (Å²) in [6.07, 6.45) is 1.62. The maximum Gasteiger partial charge on any atom is 0.262 e. The first-order valence-electron chi connectivity index (χ1n) is 8.85. The average molecular weight is 448 g/mol. The van der Waals surface area contributed by atoms with Gasteiger partial charge in [0.1, 0.15) is 0 Å². The van der Waals surface area contributed by atoms with Gasteiger partial charge in [0.15, 0.2) is 5.16 Å². The Labute approximate surface area is 182 Å². The average Bonchev–Trinajstić information content (AvgIpc) is 2.67. The van der Waals surface area contributed by atoms with Crippen LogP contribution in [0.1, 0.15) is 12.5 Å². The molecule has 1 aromatic heterocycles. The quantitative estimate of drug-likeness (QED) is 0.315. The number of aromatic nitrogens is 2. The Morgan fingerprint density at radius 1 is 1.28 bits per heavy atom. The fourth-order valence-corrected chi connectivity index (χ4v) is 3.99. The van der Waals surface area contributed by atoms with E-state index in [-0.39, 0.29) is 18.0 Å². The molecular weight excluding hydrogens is 429 g/mol. The van der Waals surface area contributed by atoms with Crippen LogP contribution in [0.15, 0.2) is 59.0 Å². The zero-order valence-corrected chi connectivity index (χ0v) is 18.2. The highest BCUT2D eigenvalue weighted by Crippen LogP contribution is 2.26. The first-order valence-corrected chi connectivity index (χ1v) is 10.5. The van der Waals surface area contributed by atoms with Gasteiger partial charge in [-0.05, 0) is 49.7 Å². The van der Waals surface area contributed by atoms with Crippen molar-refractivity contribution in [2.45, 2.75) is 30.8 Å². The smallest absolute Gasteiger partial charge is 0.262 e. The lowest BCUT2D eigenvalue weighted by Gasteiger charge is -2.16. The molecule has 0 aliphatic carbocycles. The topological polar surface area (TPSA) is 64.0 Å². The zero-order chi connectivity index (χ0) is 21.1. The molecule has 1 heterocycles. The highest BCUT2D eigenvalue weighted by atomic mass is 35.5. The van der Waals surface area contributed by atoms with Crippen LogP contribution in [0.3, 0.4) is 0 Å². The van der Waals surface area contributed by atoms with Crippen molar-refractivity contribution in [2.24, 2.45) is 0 Å². The Morgan fingerprint density at radius 3 is 2.69 bits per heavy atom. The van der Waals surface area contributed by atoms with E-state index in [4.69, 9.17) is 23.2 Å². The lowest BCUT2D eigenvalue weighted by atomic mass is 10.2. The van der Waals surface area contributed by atoms with Gasteiger partial charge in [-0.2, -0.15) is 0 Å². The van der Waals surface area contributed by atoms with Crippen LogP contribution in [0, 0.1) is 6.92 Å². The van der Waals surface area contributed by atoms with E-state index in [0.717, 1.165) is 5.56 Å². The van der Waals surface area contributed by atoms with E-state index >= 15 is 0 Å². The lowest BCUT2D eigenvalue weighted by Crippen LogP contribution is -2.27. The van der Waals surface area contributed by atoms with Crippen molar-refractivity contribution in [3.63, 3.8) is 0 Å². The Kier molecular flexibility index (Phi) is 6.67. The summed E-state index contributed by atoms with van der Waals surface area (Å²) < 4.78 is 1.50. The minimum Gasteiger partial charge on any atom is -0.325 e. The summed E-state index contributed by atoms with van der Waals surface area (Å²) in [5, 5.41) is 4.30. The van der Waals surface area contributed by atoms with Crippen molar-refractivity contribution >= 4 is 57.5 Å². The van der Waals surface area contributed by atoms with Gasteiger partial charge in [0.2, 0.25) is 5.91 Å². The first-order chi connectivity index (χ1) is 13.8. The highest BCUT2D eigenvalue weighted by molar-refractivity contribution is 8.00. The summed E-state index contributed by atoms with van der Waals surface area (Å²) in [5.41, 5.74) is 1.84. The summed E-state index contributed by atoms with van der Waals surface area (Å²) in [6, 6.07) is 10.3. The number of thioether (sulfide) groups is 1. The normalized spacial score (nSPS) is 12.0. The number of benzene rings is 2. The highest BCUT2D eigenvalue weighted by Gasteiger charge is 2.20. The van der Waals surface area contributed by atoms with Crippen molar-refractivity contribution in [3.05, 3.63) is 75.0 Å². The second-order valence-corrected chi connectivity index (χ2v) is 8.65. The minimum absolute atomic E-state index is 0.202. The fraction of sp³-hybridized carbons (Fsp3) is 0.190. The SMILES string of the molecule is C=CCn1c(SC(C)C(=O)Nc2cc(Cl)ccc2C)nc2cc(Cl)ccc2c1=O. The number of hydrogen-bond donors (Lipinski definition) is 1. The van der Waals surface area contributed by atoms with Gasteiger partial charge in [0.05, 0.1) is 16.2 Å². The molecule has 5 nitrogen and oxygen atoms in total. The molecule has 1 unspecified atom stereocenters. The van der Waals surface area contributed by atoms with E-state index in [0.29, 0.717) is 31.8 Å². The maximum absolute atomic E-state index is 12.9. The zero-order valence-electron chi connectivity index (χ0n) is 15.9. The van der Waals surface area contributed by atoms with Crippen molar-refractivity contribution in [1.82, 2.24) is 9.55 Å². The molecule has 3 aromatic rings. The van der Waals surface area contributed by atoms with Gasteiger partial charge in [0.25, 0.3) is 5.56 Å². The number of rotatable bonds is 6. The Hall–Kier alpha value is -2.28. The maximum atomic E-state index is 12.9. The van der Waals surface area contributed by atoms with Crippen molar-refractivity contribution < 1.29 is 4.79 Å². The molecule has 8 heteroatoms. The number of hydrogen-bond acceptors (Lipinski definition) is 4. The van der Waals surface area contributed by atoms with E-state index in [1.807, 2.05) is 13.0 Å². The number of allylic oxidation sites excluding steroid dienone is 1. The van der Waals surface area contributed by atoms with E-state index in [9.17, 15) is 9.59 Å². The van der Waals surface area contributed by atoms with E-state index in [2.05, 4.69) is 16.9 Å². The second-order valence-electron chi connectivity index (χ2n) is 6.47. The van der Waals surface area contributed by atoms with Crippen LogP contribution < -0.4 is 10.9 Å². The molecule has 0 aliphatic heterocycles. The summed E-state index contributed by atoms with van der Waals surface area (Å²) in [7, 11) is 0. The molecule has 0 fully saturated rings. The molecule has 29 heavy (non-hydrogen) atoms. The largest absolute Gasteiger partial charge is 0.325 e. The number of carbonyl (C=O) groups is 1. The summed E-state index contributed by atoms with van der Waals surface area (Å²) in [5.74, 6) is -0.217. The predicted molar refractivity (Wildman–Crippen MR) is 121 cm³/mol. The van der Waals surface area contributed by atoms with E-state index < -0.39 is 5.25 Å². The first kappa shape index (κ1) is 21.4. The third kappa shape index (κ3) is 4.83. The van der Waals surface area contributed by atoms with Crippen LogP contribution in [-0.4, -0.2) is 20.7 Å². The predicted octanol–water partition coefficient (Wildman–Crippen LogP) is 5.32. The summed E-state index contributed by atoms with van der Waals surface area (Å²) in [6.45, 7) is 7.64. The number of carbonyl (C=O) groups excluding carboxylic acids is 1. The van der Waals surface area contributed by atoms with Crippen LogP contribution in [0.25, 0.3) is 10.9 Å². The minimum atomic E-state index is -0.506. The molecule has 0 bridgehead atoms. The standard InChI is InChI=1S/C21H19Cl2N3O2S/c1-4-9-26-20(28)16-8-7-15(23)11-18(16)25-21(26)29-13(3)19(27)24-17-10-14(22)6-5-12(17)2/h4-8,10-11,13H,1,9H2,2-3H3,(H,24,27). The Bertz CT molecular complexity index is 1160. The van der Waals surface area contributed by atoms with E-state index in [1.165, 1.54) is 16.3 Å².